The molecule has 0 aliphatic carbocycles. The molecular weight excluding hydrogens is 340 g/mol. The van der Waals surface area contributed by atoms with Crippen LogP contribution in [-0.2, 0) is 21.3 Å². The van der Waals surface area contributed by atoms with Gasteiger partial charge in [0, 0.05) is 30.3 Å². The van der Waals surface area contributed by atoms with Crippen LogP contribution in [0.3, 0.4) is 0 Å². The molecule has 23 heavy (non-hydrogen) atoms. The summed E-state index contributed by atoms with van der Waals surface area (Å²) in [5, 5.41) is 8.64. The van der Waals surface area contributed by atoms with Crippen LogP contribution in [0.1, 0.15) is 18.0 Å². The van der Waals surface area contributed by atoms with Crippen LogP contribution in [0.15, 0.2) is 35.4 Å². The van der Waals surface area contributed by atoms with Gasteiger partial charge < -0.3 is 4.74 Å². The van der Waals surface area contributed by atoms with E-state index in [1.54, 1.807) is 16.8 Å². The van der Waals surface area contributed by atoms with E-state index in [1.165, 1.54) is 12.1 Å². The second-order valence-electron chi connectivity index (χ2n) is 5.32. The van der Waals surface area contributed by atoms with Crippen molar-refractivity contribution in [3.8, 4) is 0 Å². The van der Waals surface area contributed by atoms with Gasteiger partial charge >= 0.3 is 0 Å². The Morgan fingerprint density at radius 1 is 1.35 bits per heavy atom. The minimum atomic E-state index is -3.55. The molecule has 1 unspecified atom stereocenters. The molecule has 1 atom stereocenters. The van der Waals surface area contributed by atoms with E-state index in [2.05, 4.69) is 15.0 Å². The number of halogens is 1. The third-order valence-electron chi connectivity index (χ3n) is 3.66. The van der Waals surface area contributed by atoms with E-state index in [4.69, 9.17) is 16.3 Å². The summed E-state index contributed by atoms with van der Waals surface area (Å²) >= 11 is 5.76. The SMILES string of the molecule is O=S(=O)(NCCn1cc(C2CCOC2)nn1)c1ccc(Cl)cc1. The van der Waals surface area contributed by atoms with Crippen LogP contribution < -0.4 is 4.72 Å². The molecule has 0 saturated carbocycles. The number of benzene rings is 1. The monoisotopic (exact) mass is 356 g/mol. The van der Waals surface area contributed by atoms with Crippen LogP contribution in [0, 0.1) is 0 Å². The van der Waals surface area contributed by atoms with Crippen molar-refractivity contribution in [3.05, 3.63) is 41.2 Å². The van der Waals surface area contributed by atoms with Gasteiger partial charge in [-0.25, -0.2) is 13.1 Å². The maximum Gasteiger partial charge on any atom is 0.240 e. The Kier molecular flexibility index (Phi) is 4.96. The fourth-order valence-electron chi connectivity index (χ4n) is 2.37. The topological polar surface area (TPSA) is 86.1 Å². The fourth-order valence-corrected chi connectivity index (χ4v) is 3.52. The van der Waals surface area contributed by atoms with Crippen molar-refractivity contribution >= 4 is 21.6 Å². The third kappa shape index (κ3) is 4.08. The molecule has 0 radical (unpaired) electrons. The van der Waals surface area contributed by atoms with Crippen molar-refractivity contribution in [2.75, 3.05) is 19.8 Å². The molecule has 3 rings (SSSR count). The number of hydrogen-bond acceptors (Lipinski definition) is 5. The zero-order valence-corrected chi connectivity index (χ0v) is 13.9. The highest BCUT2D eigenvalue weighted by Crippen LogP contribution is 2.22. The molecule has 0 spiro atoms. The third-order valence-corrected chi connectivity index (χ3v) is 5.39. The van der Waals surface area contributed by atoms with Gasteiger partial charge in [-0.2, -0.15) is 0 Å². The molecular formula is C14H17ClN4O3S. The lowest BCUT2D eigenvalue weighted by Crippen LogP contribution is -2.27. The Labute approximate surface area is 139 Å². The molecule has 1 fully saturated rings. The van der Waals surface area contributed by atoms with Crippen molar-refractivity contribution in [2.45, 2.75) is 23.8 Å². The van der Waals surface area contributed by atoms with Crippen molar-refractivity contribution in [1.29, 1.82) is 0 Å². The maximum atomic E-state index is 12.1. The quantitative estimate of drug-likeness (QED) is 0.845. The predicted molar refractivity (Wildman–Crippen MR) is 84.8 cm³/mol. The summed E-state index contributed by atoms with van der Waals surface area (Å²) in [4.78, 5) is 0.185. The van der Waals surface area contributed by atoms with Crippen LogP contribution in [0.25, 0.3) is 0 Å². The Morgan fingerprint density at radius 3 is 2.83 bits per heavy atom. The van der Waals surface area contributed by atoms with Gasteiger partial charge in [0.2, 0.25) is 10.0 Å². The first-order valence-corrected chi connectivity index (χ1v) is 9.14. The summed E-state index contributed by atoms with van der Waals surface area (Å²) in [7, 11) is -3.55. The van der Waals surface area contributed by atoms with E-state index >= 15 is 0 Å². The number of nitrogens with zero attached hydrogens (tertiary/aromatic N) is 3. The van der Waals surface area contributed by atoms with Crippen molar-refractivity contribution in [2.24, 2.45) is 0 Å². The maximum absolute atomic E-state index is 12.1. The van der Waals surface area contributed by atoms with Crippen LogP contribution in [0.5, 0.6) is 0 Å². The van der Waals surface area contributed by atoms with E-state index in [-0.39, 0.29) is 17.4 Å². The molecule has 9 heteroatoms. The smallest absolute Gasteiger partial charge is 0.240 e. The van der Waals surface area contributed by atoms with Crippen molar-refractivity contribution < 1.29 is 13.2 Å². The Balaban J connectivity index is 1.55. The van der Waals surface area contributed by atoms with Crippen LogP contribution in [-0.4, -0.2) is 43.2 Å². The minimum Gasteiger partial charge on any atom is -0.381 e. The number of rotatable bonds is 6. The number of nitrogens with one attached hydrogen (secondary N) is 1. The molecule has 2 aromatic rings. The van der Waals surface area contributed by atoms with Gasteiger partial charge in [-0.15, -0.1) is 5.10 Å². The van der Waals surface area contributed by atoms with Gasteiger partial charge in [0.1, 0.15) is 0 Å². The molecule has 1 aliphatic heterocycles. The first-order valence-electron chi connectivity index (χ1n) is 7.27. The van der Waals surface area contributed by atoms with Gasteiger partial charge in [0.15, 0.2) is 0 Å². The van der Waals surface area contributed by atoms with E-state index in [1.807, 2.05) is 6.20 Å². The molecule has 2 heterocycles. The summed E-state index contributed by atoms with van der Waals surface area (Å²) in [6.45, 7) is 2.06. The minimum absolute atomic E-state index is 0.185. The largest absolute Gasteiger partial charge is 0.381 e. The van der Waals surface area contributed by atoms with Gasteiger partial charge in [-0.3, -0.25) is 4.68 Å². The molecule has 1 aliphatic rings. The van der Waals surface area contributed by atoms with Crippen molar-refractivity contribution in [3.63, 3.8) is 0 Å². The van der Waals surface area contributed by atoms with Crippen LogP contribution in [0.2, 0.25) is 5.02 Å². The summed E-state index contributed by atoms with van der Waals surface area (Å²) in [5.74, 6) is 0.287. The molecule has 1 N–H and O–H groups in total. The molecule has 124 valence electrons. The van der Waals surface area contributed by atoms with E-state index in [0.29, 0.717) is 18.2 Å². The highest BCUT2D eigenvalue weighted by atomic mass is 35.5. The van der Waals surface area contributed by atoms with Gasteiger partial charge in [0.25, 0.3) is 0 Å². The summed E-state index contributed by atoms with van der Waals surface area (Å²) < 4.78 is 33.8. The molecule has 0 bridgehead atoms. The first kappa shape index (κ1) is 16.4. The van der Waals surface area contributed by atoms with E-state index in [0.717, 1.165) is 18.7 Å². The predicted octanol–water partition coefficient (Wildman–Crippen LogP) is 1.41. The van der Waals surface area contributed by atoms with Gasteiger partial charge in [0.05, 0.1) is 23.7 Å². The number of sulfonamides is 1. The van der Waals surface area contributed by atoms with Crippen molar-refractivity contribution in [1.82, 2.24) is 19.7 Å². The standard InChI is InChI=1S/C14H17ClN4O3S/c15-12-1-3-13(4-2-12)23(20,21)16-6-7-19-9-14(17-18-19)11-5-8-22-10-11/h1-4,9,11,16H,5-8,10H2. The fraction of sp³-hybridized carbons (Fsp3) is 0.429. The second-order valence-corrected chi connectivity index (χ2v) is 7.52. The average Bonchev–Trinajstić information content (AvgIpc) is 3.18. The lowest BCUT2D eigenvalue weighted by atomic mass is 10.1. The Hall–Kier alpha value is -1.48. The summed E-state index contributed by atoms with van der Waals surface area (Å²) in [5.41, 5.74) is 0.892. The summed E-state index contributed by atoms with van der Waals surface area (Å²) in [6.07, 6.45) is 2.79. The lowest BCUT2D eigenvalue weighted by Gasteiger charge is -2.06. The lowest BCUT2D eigenvalue weighted by molar-refractivity contribution is 0.193. The Bertz CT molecular complexity index is 755. The molecule has 1 aromatic carbocycles. The normalized spacial score (nSPS) is 18.4. The zero-order chi connectivity index (χ0) is 16.3. The first-order chi connectivity index (χ1) is 11.0. The number of hydrogen-bond donors (Lipinski definition) is 1. The van der Waals surface area contributed by atoms with Crippen LogP contribution >= 0.6 is 11.6 Å². The highest BCUT2D eigenvalue weighted by molar-refractivity contribution is 7.89. The van der Waals surface area contributed by atoms with E-state index < -0.39 is 10.0 Å². The number of ether oxygens (including phenoxy) is 1. The molecule has 0 amide bonds. The molecule has 1 aromatic heterocycles. The second kappa shape index (κ2) is 6.96. The summed E-state index contributed by atoms with van der Waals surface area (Å²) in [6, 6.07) is 6.03. The average molecular weight is 357 g/mol. The van der Waals surface area contributed by atoms with Gasteiger partial charge in [-0.1, -0.05) is 16.8 Å². The van der Waals surface area contributed by atoms with Crippen LogP contribution in [0.4, 0.5) is 0 Å². The number of aromatic nitrogens is 3. The highest BCUT2D eigenvalue weighted by Gasteiger charge is 2.20. The zero-order valence-electron chi connectivity index (χ0n) is 12.4. The molecule has 7 nitrogen and oxygen atoms in total. The molecule has 1 saturated heterocycles. The van der Waals surface area contributed by atoms with E-state index in [9.17, 15) is 8.42 Å². The van der Waals surface area contributed by atoms with Gasteiger partial charge in [-0.05, 0) is 30.7 Å². The Morgan fingerprint density at radius 2 is 2.13 bits per heavy atom.